The molecule has 0 saturated heterocycles. The lowest BCUT2D eigenvalue weighted by atomic mass is 10.2. The van der Waals surface area contributed by atoms with E-state index in [0.29, 0.717) is 5.69 Å². The minimum atomic E-state index is -0.186. The maximum atomic E-state index is 11.8. The highest BCUT2D eigenvalue weighted by Crippen LogP contribution is 2.24. The van der Waals surface area contributed by atoms with Crippen molar-refractivity contribution in [2.45, 2.75) is 6.92 Å². The van der Waals surface area contributed by atoms with Gasteiger partial charge >= 0.3 is 0 Å². The second-order valence-corrected chi connectivity index (χ2v) is 4.90. The van der Waals surface area contributed by atoms with Crippen molar-refractivity contribution in [3.05, 3.63) is 65.4 Å². The van der Waals surface area contributed by atoms with Crippen molar-refractivity contribution in [2.24, 2.45) is 0 Å². The molecular formula is C15H14BrN3O. The number of carbonyl (C=O) groups is 1. The molecule has 1 heterocycles. The van der Waals surface area contributed by atoms with Crippen LogP contribution in [0.5, 0.6) is 0 Å². The largest absolute Gasteiger partial charge is 0.321 e. The van der Waals surface area contributed by atoms with E-state index in [0.717, 1.165) is 10.2 Å². The summed E-state index contributed by atoms with van der Waals surface area (Å²) in [6, 6.07) is 7.47. The molecule has 0 atom stereocenters. The molecule has 0 unspecified atom stereocenters. The van der Waals surface area contributed by atoms with Crippen molar-refractivity contribution in [1.82, 2.24) is 9.78 Å². The second-order valence-electron chi connectivity index (χ2n) is 3.99. The first-order valence-electron chi connectivity index (χ1n) is 6.10. The zero-order valence-corrected chi connectivity index (χ0v) is 12.5. The van der Waals surface area contributed by atoms with Crippen molar-refractivity contribution in [3.63, 3.8) is 0 Å². The zero-order valence-electron chi connectivity index (χ0n) is 11.0. The van der Waals surface area contributed by atoms with Crippen molar-refractivity contribution in [1.29, 1.82) is 0 Å². The summed E-state index contributed by atoms with van der Waals surface area (Å²) in [4.78, 5) is 11.8. The van der Waals surface area contributed by atoms with Gasteiger partial charge in [-0.25, -0.2) is 4.68 Å². The molecule has 0 bridgehead atoms. The minimum absolute atomic E-state index is 0.186. The van der Waals surface area contributed by atoms with Crippen LogP contribution in [0.4, 0.5) is 5.69 Å². The lowest BCUT2D eigenvalue weighted by Crippen LogP contribution is -2.11. The molecule has 0 saturated carbocycles. The molecule has 4 nitrogen and oxygen atoms in total. The van der Waals surface area contributed by atoms with Gasteiger partial charge in [0, 0.05) is 22.9 Å². The summed E-state index contributed by atoms with van der Waals surface area (Å²) in [6.07, 6.45) is 10.4. The average Bonchev–Trinajstić information content (AvgIpc) is 2.93. The van der Waals surface area contributed by atoms with Crippen LogP contribution in [0, 0.1) is 0 Å². The van der Waals surface area contributed by atoms with Crippen LogP contribution in [0.1, 0.15) is 6.92 Å². The Balaban J connectivity index is 2.26. The van der Waals surface area contributed by atoms with Crippen molar-refractivity contribution < 1.29 is 4.79 Å². The Bertz CT molecular complexity index is 645. The topological polar surface area (TPSA) is 46.9 Å². The van der Waals surface area contributed by atoms with E-state index in [9.17, 15) is 4.79 Å². The molecule has 1 N–H and O–H groups in total. The summed E-state index contributed by atoms with van der Waals surface area (Å²) in [7, 11) is 0. The smallest absolute Gasteiger partial charge is 0.248 e. The quantitative estimate of drug-likeness (QED) is 0.685. The number of halogens is 1. The van der Waals surface area contributed by atoms with Crippen LogP contribution in [0.15, 0.2) is 65.4 Å². The molecule has 5 heteroatoms. The summed E-state index contributed by atoms with van der Waals surface area (Å²) in [5.41, 5.74) is 1.50. The van der Waals surface area contributed by atoms with Gasteiger partial charge in [-0.2, -0.15) is 5.10 Å². The fourth-order valence-corrected chi connectivity index (χ4v) is 2.01. The minimum Gasteiger partial charge on any atom is -0.321 e. The van der Waals surface area contributed by atoms with Gasteiger partial charge < -0.3 is 5.32 Å². The number of aromatic nitrogens is 2. The van der Waals surface area contributed by atoms with Crippen molar-refractivity contribution in [2.75, 3.05) is 5.32 Å². The molecule has 0 fully saturated rings. The lowest BCUT2D eigenvalue weighted by molar-refractivity contribution is -0.111. The Hall–Kier alpha value is -2.14. The third kappa shape index (κ3) is 3.68. The highest BCUT2D eigenvalue weighted by atomic mass is 79.9. The van der Waals surface area contributed by atoms with Crippen LogP contribution in [0.3, 0.4) is 0 Å². The molecule has 0 aliphatic carbocycles. The predicted octanol–water partition coefficient (Wildman–Crippen LogP) is 3.71. The molecule has 20 heavy (non-hydrogen) atoms. The monoisotopic (exact) mass is 331 g/mol. The summed E-state index contributed by atoms with van der Waals surface area (Å²) < 4.78 is 2.60. The van der Waals surface area contributed by atoms with Gasteiger partial charge in [0.25, 0.3) is 0 Å². The van der Waals surface area contributed by atoms with Gasteiger partial charge in [0.15, 0.2) is 0 Å². The molecule has 1 aromatic carbocycles. The number of rotatable bonds is 4. The average molecular weight is 332 g/mol. The standard InChI is InChI=1S/C15H14BrN3O/c1-2-3-4-6-15(20)18-13-11-12(16)7-8-14(13)19-10-5-9-17-19/h2-11H,1H3,(H,18,20)/b3-2+,6-4+. The van der Waals surface area contributed by atoms with E-state index in [1.54, 1.807) is 23.0 Å². The first kappa shape index (κ1) is 14.3. The summed E-state index contributed by atoms with van der Waals surface area (Å²) in [6.45, 7) is 1.90. The first-order chi connectivity index (χ1) is 9.70. The van der Waals surface area contributed by atoms with Gasteiger partial charge in [0.1, 0.15) is 0 Å². The van der Waals surface area contributed by atoms with E-state index in [2.05, 4.69) is 26.3 Å². The first-order valence-corrected chi connectivity index (χ1v) is 6.90. The highest BCUT2D eigenvalue weighted by molar-refractivity contribution is 9.10. The number of anilines is 1. The van der Waals surface area contributed by atoms with E-state index in [1.807, 2.05) is 43.5 Å². The number of hydrogen-bond donors (Lipinski definition) is 1. The number of hydrogen-bond acceptors (Lipinski definition) is 2. The van der Waals surface area contributed by atoms with E-state index in [1.165, 1.54) is 6.08 Å². The van der Waals surface area contributed by atoms with Gasteiger partial charge in [-0.3, -0.25) is 4.79 Å². The Morgan fingerprint density at radius 3 is 2.95 bits per heavy atom. The molecule has 2 aromatic rings. The van der Waals surface area contributed by atoms with Crippen molar-refractivity contribution in [3.8, 4) is 5.69 Å². The maximum absolute atomic E-state index is 11.8. The fraction of sp³-hybridized carbons (Fsp3) is 0.0667. The van der Waals surface area contributed by atoms with E-state index in [-0.39, 0.29) is 5.91 Å². The predicted molar refractivity (Wildman–Crippen MR) is 83.8 cm³/mol. The molecule has 2 rings (SSSR count). The molecule has 1 amide bonds. The molecule has 102 valence electrons. The maximum Gasteiger partial charge on any atom is 0.248 e. The van der Waals surface area contributed by atoms with Crippen LogP contribution >= 0.6 is 15.9 Å². The Kier molecular flexibility index (Phi) is 4.90. The number of benzene rings is 1. The van der Waals surface area contributed by atoms with Crippen LogP contribution in [-0.4, -0.2) is 15.7 Å². The van der Waals surface area contributed by atoms with Crippen LogP contribution in [-0.2, 0) is 4.79 Å². The molecule has 0 aliphatic rings. The second kappa shape index (κ2) is 6.86. The van der Waals surface area contributed by atoms with Gasteiger partial charge in [0.05, 0.1) is 11.4 Å². The van der Waals surface area contributed by atoms with Gasteiger partial charge in [-0.05, 0) is 31.2 Å². The SMILES string of the molecule is C/C=C/C=C/C(=O)Nc1cc(Br)ccc1-n1cccn1. The number of nitrogens with zero attached hydrogens (tertiary/aromatic N) is 2. The third-order valence-electron chi connectivity index (χ3n) is 2.52. The molecule has 0 aliphatic heterocycles. The van der Waals surface area contributed by atoms with Crippen molar-refractivity contribution >= 4 is 27.5 Å². The summed E-state index contributed by atoms with van der Waals surface area (Å²) in [5, 5.41) is 7.03. The van der Waals surface area contributed by atoms with Crippen LogP contribution < -0.4 is 5.32 Å². The Labute approximate surface area is 125 Å². The van der Waals surface area contributed by atoms with Crippen LogP contribution in [0.25, 0.3) is 5.69 Å². The zero-order chi connectivity index (χ0) is 14.4. The Morgan fingerprint density at radius 1 is 1.40 bits per heavy atom. The molecular weight excluding hydrogens is 318 g/mol. The van der Waals surface area contributed by atoms with E-state index < -0.39 is 0 Å². The van der Waals surface area contributed by atoms with E-state index >= 15 is 0 Å². The van der Waals surface area contributed by atoms with Crippen LogP contribution in [0.2, 0.25) is 0 Å². The van der Waals surface area contributed by atoms with Gasteiger partial charge in [0.2, 0.25) is 5.91 Å². The number of allylic oxidation sites excluding steroid dienone is 3. The third-order valence-corrected chi connectivity index (χ3v) is 3.01. The number of carbonyl (C=O) groups excluding carboxylic acids is 1. The Morgan fingerprint density at radius 2 is 2.25 bits per heavy atom. The highest BCUT2D eigenvalue weighted by Gasteiger charge is 2.07. The summed E-state index contributed by atoms with van der Waals surface area (Å²) >= 11 is 3.40. The number of nitrogens with one attached hydrogen (secondary N) is 1. The molecule has 0 spiro atoms. The normalized spacial score (nSPS) is 11.3. The van der Waals surface area contributed by atoms with E-state index in [4.69, 9.17) is 0 Å². The number of amides is 1. The summed E-state index contributed by atoms with van der Waals surface area (Å²) in [5.74, 6) is -0.186. The van der Waals surface area contributed by atoms with Gasteiger partial charge in [-0.15, -0.1) is 0 Å². The van der Waals surface area contributed by atoms with Gasteiger partial charge in [-0.1, -0.05) is 34.2 Å². The molecule has 1 aromatic heterocycles. The lowest BCUT2D eigenvalue weighted by Gasteiger charge is -2.10. The molecule has 0 radical (unpaired) electrons. The fourth-order valence-electron chi connectivity index (χ4n) is 1.65.